The maximum absolute atomic E-state index is 10.1. The summed E-state index contributed by atoms with van der Waals surface area (Å²) in [5.74, 6) is 0.706. The maximum Gasteiger partial charge on any atom is 0.129 e. The number of aliphatic hydroxyl groups excluding tert-OH is 1. The molecule has 1 aliphatic heterocycles. The predicted molar refractivity (Wildman–Crippen MR) is 67.5 cm³/mol. The van der Waals surface area contributed by atoms with Gasteiger partial charge in [0.05, 0.1) is 6.10 Å². The van der Waals surface area contributed by atoms with Crippen molar-refractivity contribution in [1.82, 2.24) is 0 Å². The molecule has 2 aromatic rings. The Kier molecular flexibility index (Phi) is 2.68. The average Bonchev–Trinajstić information content (AvgIpc) is 2.39. The molecule has 3 rings (SSSR count). The number of hydrogen-bond donors (Lipinski definition) is 2. The lowest BCUT2D eigenvalue weighted by molar-refractivity contribution is 0.0655. The van der Waals surface area contributed by atoms with Crippen LogP contribution in [0.4, 0.5) is 0 Å². The van der Waals surface area contributed by atoms with E-state index in [-0.39, 0.29) is 11.9 Å². The third-order valence-electron chi connectivity index (χ3n) is 3.23. The molecule has 0 spiro atoms. The Morgan fingerprint density at radius 1 is 1.06 bits per heavy atom. The fraction of sp³-hybridized carbons (Fsp3) is 0.200. The monoisotopic (exact) mass is 242 g/mol. The van der Waals surface area contributed by atoms with Crippen LogP contribution in [-0.4, -0.2) is 10.2 Å². The highest BCUT2D eigenvalue weighted by Crippen LogP contribution is 2.41. The predicted octanol–water partition coefficient (Wildman–Crippen LogP) is 2.95. The minimum absolute atomic E-state index is 0.148. The molecule has 1 aliphatic rings. The largest absolute Gasteiger partial charge is 0.508 e. The summed E-state index contributed by atoms with van der Waals surface area (Å²) in [4.78, 5) is 0. The number of benzene rings is 2. The molecule has 1 heterocycles. The first-order chi connectivity index (χ1) is 8.74. The van der Waals surface area contributed by atoms with Crippen molar-refractivity contribution in [2.45, 2.75) is 18.6 Å². The van der Waals surface area contributed by atoms with Gasteiger partial charge in [0.1, 0.15) is 17.6 Å². The summed E-state index contributed by atoms with van der Waals surface area (Å²) in [7, 11) is 0. The van der Waals surface area contributed by atoms with Gasteiger partial charge in [-0.05, 0) is 17.7 Å². The number of hydrogen-bond acceptors (Lipinski definition) is 3. The van der Waals surface area contributed by atoms with E-state index in [1.54, 1.807) is 18.2 Å². The lowest BCUT2D eigenvalue weighted by Crippen LogP contribution is -2.18. The molecular weight excluding hydrogens is 228 g/mol. The first kappa shape index (κ1) is 11.1. The lowest BCUT2D eigenvalue weighted by atomic mass is 9.95. The molecule has 2 N–H and O–H groups in total. The molecule has 0 radical (unpaired) electrons. The van der Waals surface area contributed by atoms with Crippen molar-refractivity contribution in [2.75, 3.05) is 0 Å². The maximum atomic E-state index is 10.1. The van der Waals surface area contributed by atoms with Gasteiger partial charge in [-0.1, -0.05) is 30.3 Å². The highest BCUT2D eigenvalue weighted by molar-refractivity contribution is 5.43. The average molecular weight is 242 g/mol. The van der Waals surface area contributed by atoms with E-state index in [0.29, 0.717) is 12.2 Å². The van der Waals surface area contributed by atoms with E-state index >= 15 is 0 Å². The van der Waals surface area contributed by atoms with Crippen LogP contribution in [0.5, 0.6) is 11.5 Å². The van der Waals surface area contributed by atoms with Crippen molar-refractivity contribution in [3.05, 3.63) is 59.7 Å². The van der Waals surface area contributed by atoms with Crippen molar-refractivity contribution < 1.29 is 14.9 Å². The van der Waals surface area contributed by atoms with Crippen molar-refractivity contribution in [2.24, 2.45) is 0 Å². The van der Waals surface area contributed by atoms with Crippen molar-refractivity contribution in [1.29, 1.82) is 0 Å². The zero-order chi connectivity index (χ0) is 12.5. The van der Waals surface area contributed by atoms with E-state index in [1.165, 1.54) is 0 Å². The Labute approximate surface area is 105 Å². The molecule has 92 valence electrons. The van der Waals surface area contributed by atoms with E-state index in [0.717, 1.165) is 11.1 Å². The van der Waals surface area contributed by atoms with Crippen molar-refractivity contribution in [3.8, 4) is 11.5 Å². The van der Waals surface area contributed by atoms with E-state index in [4.69, 9.17) is 4.74 Å². The third kappa shape index (κ3) is 1.93. The van der Waals surface area contributed by atoms with Gasteiger partial charge in [-0.15, -0.1) is 0 Å². The van der Waals surface area contributed by atoms with Crippen LogP contribution in [0.1, 0.15) is 29.8 Å². The van der Waals surface area contributed by atoms with Gasteiger partial charge in [-0.2, -0.15) is 0 Å². The summed E-state index contributed by atoms with van der Waals surface area (Å²) < 4.78 is 5.85. The second kappa shape index (κ2) is 4.35. The van der Waals surface area contributed by atoms with Gasteiger partial charge in [-0.3, -0.25) is 0 Å². The zero-order valence-corrected chi connectivity index (χ0v) is 9.78. The molecule has 0 bridgehead atoms. The van der Waals surface area contributed by atoms with Crippen LogP contribution in [-0.2, 0) is 0 Å². The highest BCUT2D eigenvalue weighted by atomic mass is 16.5. The van der Waals surface area contributed by atoms with E-state index < -0.39 is 6.10 Å². The molecule has 3 nitrogen and oxygen atoms in total. The van der Waals surface area contributed by atoms with Crippen LogP contribution in [0.3, 0.4) is 0 Å². The van der Waals surface area contributed by atoms with Gasteiger partial charge in [0, 0.05) is 18.1 Å². The van der Waals surface area contributed by atoms with Crippen LogP contribution in [0.15, 0.2) is 48.5 Å². The molecule has 2 aromatic carbocycles. The number of phenols is 1. The minimum atomic E-state index is -0.556. The van der Waals surface area contributed by atoms with Gasteiger partial charge < -0.3 is 14.9 Å². The van der Waals surface area contributed by atoms with E-state index in [9.17, 15) is 10.2 Å². The van der Waals surface area contributed by atoms with Crippen LogP contribution >= 0.6 is 0 Å². The molecule has 0 aliphatic carbocycles. The standard InChI is InChI=1S/C15H14O3/c16-11-6-7-12-13(17)9-14(18-15(12)8-11)10-4-2-1-3-5-10/h1-8,13-14,16-17H,9H2/t13-,14-/m1/s1. The molecule has 0 fully saturated rings. The highest BCUT2D eigenvalue weighted by Gasteiger charge is 2.28. The summed E-state index contributed by atoms with van der Waals surface area (Å²) in [6.07, 6.45) is -0.197. The first-order valence-electron chi connectivity index (χ1n) is 5.96. The van der Waals surface area contributed by atoms with E-state index in [2.05, 4.69) is 0 Å². The molecule has 0 unspecified atom stereocenters. The molecule has 3 heteroatoms. The Bertz CT molecular complexity index is 551. The summed E-state index contributed by atoms with van der Waals surface area (Å²) in [6, 6.07) is 14.6. The fourth-order valence-electron chi connectivity index (χ4n) is 2.30. The second-order valence-electron chi connectivity index (χ2n) is 4.49. The van der Waals surface area contributed by atoms with Crippen LogP contribution in [0.2, 0.25) is 0 Å². The molecule has 0 amide bonds. The Morgan fingerprint density at radius 3 is 2.61 bits per heavy atom. The van der Waals surface area contributed by atoms with Gasteiger partial charge in [0.25, 0.3) is 0 Å². The quantitative estimate of drug-likeness (QED) is 0.808. The summed E-state index contributed by atoms with van der Waals surface area (Å²) >= 11 is 0. The second-order valence-corrected chi connectivity index (χ2v) is 4.49. The Balaban J connectivity index is 1.96. The summed E-state index contributed by atoms with van der Waals surface area (Å²) in [5, 5.41) is 19.6. The number of aliphatic hydroxyl groups is 1. The fourth-order valence-corrected chi connectivity index (χ4v) is 2.30. The minimum Gasteiger partial charge on any atom is -0.508 e. The SMILES string of the molecule is Oc1ccc2c(c1)O[C@@H](c1ccccc1)C[C@H]2O. The topological polar surface area (TPSA) is 49.7 Å². The number of rotatable bonds is 1. The van der Waals surface area contributed by atoms with Crippen LogP contribution in [0.25, 0.3) is 0 Å². The number of phenolic OH excluding ortho intramolecular Hbond substituents is 1. The Morgan fingerprint density at radius 2 is 1.83 bits per heavy atom. The summed E-state index contributed by atoms with van der Waals surface area (Å²) in [6.45, 7) is 0. The van der Waals surface area contributed by atoms with Gasteiger partial charge in [0.15, 0.2) is 0 Å². The smallest absolute Gasteiger partial charge is 0.129 e. The normalized spacial score (nSPS) is 22.1. The van der Waals surface area contributed by atoms with Crippen molar-refractivity contribution in [3.63, 3.8) is 0 Å². The van der Waals surface area contributed by atoms with Gasteiger partial charge in [0.2, 0.25) is 0 Å². The summed E-state index contributed by atoms with van der Waals surface area (Å²) in [5.41, 5.74) is 1.77. The molecule has 0 aromatic heterocycles. The van der Waals surface area contributed by atoms with Gasteiger partial charge in [-0.25, -0.2) is 0 Å². The molecule has 0 saturated heterocycles. The first-order valence-corrected chi connectivity index (χ1v) is 5.96. The molecule has 18 heavy (non-hydrogen) atoms. The number of ether oxygens (including phenoxy) is 1. The molecule has 2 atom stereocenters. The molecular formula is C15H14O3. The van der Waals surface area contributed by atoms with Crippen molar-refractivity contribution >= 4 is 0 Å². The zero-order valence-electron chi connectivity index (χ0n) is 9.78. The number of aromatic hydroxyl groups is 1. The van der Waals surface area contributed by atoms with Crippen LogP contribution < -0.4 is 4.74 Å². The molecule has 0 saturated carbocycles. The lowest BCUT2D eigenvalue weighted by Gasteiger charge is -2.30. The third-order valence-corrected chi connectivity index (χ3v) is 3.23. The number of fused-ring (bicyclic) bond motifs is 1. The van der Waals surface area contributed by atoms with Crippen LogP contribution in [0, 0.1) is 0 Å². The Hall–Kier alpha value is -2.00. The van der Waals surface area contributed by atoms with E-state index in [1.807, 2.05) is 30.3 Å². The van der Waals surface area contributed by atoms with Gasteiger partial charge >= 0.3 is 0 Å².